The minimum atomic E-state index is -0.0238. The zero-order valence-corrected chi connectivity index (χ0v) is 10.8. The summed E-state index contributed by atoms with van der Waals surface area (Å²) in [7, 11) is 2.02. The Bertz CT molecular complexity index is 428. The lowest BCUT2D eigenvalue weighted by Gasteiger charge is -2.32. The van der Waals surface area contributed by atoms with E-state index in [-0.39, 0.29) is 11.8 Å². The molecule has 92 valence electrons. The lowest BCUT2D eigenvalue weighted by molar-refractivity contribution is 0.0818. The molecule has 1 aromatic rings. The summed E-state index contributed by atoms with van der Waals surface area (Å²) in [5, 5.41) is 3.29. The molecule has 1 unspecified atom stereocenters. The van der Waals surface area contributed by atoms with E-state index in [0.717, 1.165) is 30.8 Å². The Morgan fingerprint density at radius 2 is 2.18 bits per heavy atom. The van der Waals surface area contributed by atoms with Crippen molar-refractivity contribution in [1.29, 1.82) is 0 Å². The molecule has 2 rings (SSSR count). The normalized spacial score (nSPS) is 21.5. The zero-order valence-electron chi connectivity index (χ0n) is 10.8. The third-order valence-corrected chi connectivity index (χ3v) is 3.68. The Morgan fingerprint density at radius 3 is 2.88 bits per heavy atom. The topological polar surface area (TPSA) is 32.3 Å². The molecule has 0 radical (unpaired) electrons. The molecule has 0 bridgehead atoms. The van der Waals surface area contributed by atoms with Crippen molar-refractivity contribution in [3.63, 3.8) is 0 Å². The molecule has 3 nitrogen and oxygen atoms in total. The van der Waals surface area contributed by atoms with Crippen molar-refractivity contribution in [3.8, 4) is 0 Å². The fourth-order valence-electron chi connectivity index (χ4n) is 2.30. The number of likely N-dealkylation sites (N-methyl/N-ethyl adjacent to an activating group) is 1. The van der Waals surface area contributed by atoms with Crippen LogP contribution in [0.3, 0.4) is 0 Å². The lowest BCUT2D eigenvalue weighted by Crippen LogP contribution is -2.53. The summed E-state index contributed by atoms with van der Waals surface area (Å²) in [6, 6.07) is 5.93. The summed E-state index contributed by atoms with van der Waals surface area (Å²) in [4.78, 5) is 14.6. The first-order valence-corrected chi connectivity index (χ1v) is 6.12. The first-order valence-electron chi connectivity index (χ1n) is 6.12. The molecule has 0 saturated carbocycles. The maximum atomic E-state index is 12.5. The number of aryl methyl sites for hydroxylation is 1. The summed E-state index contributed by atoms with van der Waals surface area (Å²) >= 11 is 0. The van der Waals surface area contributed by atoms with E-state index < -0.39 is 0 Å². The molecular weight excluding hydrogens is 212 g/mol. The molecule has 0 aliphatic carbocycles. The van der Waals surface area contributed by atoms with Gasteiger partial charge in [0, 0.05) is 25.2 Å². The molecule has 1 aliphatic rings. The van der Waals surface area contributed by atoms with Crippen LogP contribution in [0.4, 0.5) is 0 Å². The molecule has 1 heterocycles. The maximum absolute atomic E-state index is 12.5. The van der Waals surface area contributed by atoms with Gasteiger partial charge in [0.15, 0.2) is 5.78 Å². The Kier molecular flexibility index (Phi) is 3.60. The molecule has 0 aromatic heterocycles. The van der Waals surface area contributed by atoms with E-state index in [1.165, 1.54) is 5.56 Å². The highest BCUT2D eigenvalue weighted by atomic mass is 16.1. The largest absolute Gasteiger partial charge is 0.313 e. The molecule has 1 atom stereocenters. The second-order valence-electron chi connectivity index (χ2n) is 4.81. The molecule has 1 aliphatic heterocycles. The fourth-order valence-corrected chi connectivity index (χ4v) is 2.30. The van der Waals surface area contributed by atoms with Crippen LogP contribution in [-0.2, 0) is 0 Å². The zero-order chi connectivity index (χ0) is 12.4. The molecular formula is C14H20N2O. The van der Waals surface area contributed by atoms with Crippen LogP contribution in [0.1, 0.15) is 21.5 Å². The van der Waals surface area contributed by atoms with E-state index in [4.69, 9.17) is 0 Å². The van der Waals surface area contributed by atoms with E-state index in [9.17, 15) is 4.79 Å². The van der Waals surface area contributed by atoms with Gasteiger partial charge in [0.05, 0.1) is 6.04 Å². The molecule has 0 amide bonds. The highest BCUT2D eigenvalue weighted by molar-refractivity contribution is 6.01. The van der Waals surface area contributed by atoms with Gasteiger partial charge in [0.1, 0.15) is 0 Å². The third kappa shape index (κ3) is 2.40. The summed E-state index contributed by atoms with van der Waals surface area (Å²) in [6.45, 7) is 6.73. The first-order chi connectivity index (χ1) is 8.11. The molecule has 1 saturated heterocycles. The van der Waals surface area contributed by atoms with Crippen molar-refractivity contribution in [3.05, 3.63) is 34.9 Å². The number of carbonyl (C=O) groups excluding carboxylic acids is 1. The van der Waals surface area contributed by atoms with Crippen LogP contribution in [-0.4, -0.2) is 43.4 Å². The van der Waals surface area contributed by atoms with Crippen LogP contribution >= 0.6 is 0 Å². The van der Waals surface area contributed by atoms with Gasteiger partial charge in [-0.2, -0.15) is 0 Å². The highest BCUT2D eigenvalue weighted by Crippen LogP contribution is 2.17. The van der Waals surface area contributed by atoms with Crippen LogP contribution in [0.5, 0.6) is 0 Å². The fraction of sp³-hybridized carbons (Fsp3) is 0.500. The van der Waals surface area contributed by atoms with Crippen LogP contribution < -0.4 is 5.32 Å². The van der Waals surface area contributed by atoms with Crippen molar-refractivity contribution < 1.29 is 4.79 Å². The summed E-state index contributed by atoms with van der Waals surface area (Å²) < 4.78 is 0. The number of nitrogens with zero attached hydrogens (tertiary/aromatic N) is 1. The molecule has 1 fully saturated rings. The van der Waals surface area contributed by atoms with Gasteiger partial charge in [-0.05, 0) is 32.0 Å². The minimum Gasteiger partial charge on any atom is -0.313 e. The smallest absolute Gasteiger partial charge is 0.181 e. The van der Waals surface area contributed by atoms with Crippen LogP contribution in [0.2, 0.25) is 0 Å². The van der Waals surface area contributed by atoms with E-state index in [1.54, 1.807) is 0 Å². The number of piperazine rings is 1. The summed E-state index contributed by atoms with van der Waals surface area (Å²) in [6.07, 6.45) is 0. The van der Waals surface area contributed by atoms with Crippen molar-refractivity contribution >= 4 is 5.78 Å². The number of hydrogen-bond donors (Lipinski definition) is 1. The molecule has 3 heteroatoms. The first kappa shape index (κ1) is 12.3. The molecule has 17 heavy (non-hydrogen) atoms. The second kappa shape index (κ2) is 4.98. The van der Waals surface area contributed by atoms with Gasteiger partial charge in [-0.1, -0.05) is 18.2 Å². The number of ketones is 1. The quantitative estimate of drug-likeness (QED) is 0.782. The standard InChI is InChI=1S/C14H20N2O/c1-10-5-4-6-12(11(10)2)14(17)13-9-15-7-8-16(13)3/h4-6,13,15H,7-9H2,1-3H3. The molecule has 1 aromatic carbocycles. The maximum Gasteiger partial charge on any atom is 0.181 e. The van der Waals surface area contributed by atoms with Gasteiger partial charge in [-0.25, -0.2) is 0 Å². The van der Waals surface area contributed by atoms with Gasteiger partial charge in [-0.15, -0.1) is 0 Å². The van der Waals surface area contributed by atoms with Crippen molar-refractivity contribution in [2.45, 2.75) is 19.9 Å². The van der Waals surface area contributed by atoms with E-state index in [1.807, 2.05) is 26.1 Å². The SMILES string of the molecule is Cc1cccc(C(=O)C2CNCCN2C)c1C. The van der Waals surface area contributed by atoms with Crippen LogP contribution in [0.25, 0.3) is 0 Å². The predicted octanol–water partition coefficient (Wildman–Crippen LogP) is 1.39. The number of rotatable bonds is 2. The Hall–Kier alpha value is -1.19. The van der Waals surface area contributed by atoms with Crippen LogP contribution in [0, 0.1) is 13.8 Å². The predicted molar refractivity (Wildman–Crippen MR) is 69.5 cm³/mol. The lowest BCUT2D eigenvalue weighted by atomic mass is 9.95. The third-order valence-electron chi connectivity index (χ3n) is 3.68. The van der Waals surface area contributed by atoms with Crippen molar-refractivity contribution in [2.75, 3.05) is 26.7 Å². The number of hydrogen-bond acceptors (Lipinski definition) is 3. The number of benzene rings is 1. The van der Waals surface area contributed by atoms with Crippen molar-refractivity contribution in [1.82, 2.24) is 10.2 Å². The molecule has 0 spiro atoms. The Balaban J connectivity index is 2.27. The average molecular weight is 232 g/mol. The number of carbonyl (C=O) groups is 1. The van der Waals surface area contributed by atoms with Crippen LogP contribution in [0.15, 0.2) is 18.2 Å². The van der Waals surface area contributed by atoms with Gasteiger partial charge in [-0.3, -0.25) is 9.69 Å². The second-order valence-corrected chi connectivity index (χ2v) is 4.81. The summed E-state index contributed by atoms with van der Waals surface area (Å²) in [5.41, 5.74) is 3.16. The number of nitrogens with one attached hydrogen (secondary N) is 1. The Morgan fingerprint density at radius 1 is 1.41 bits per heavy atom. The van der Waals surface area contributed by atoms with Crippen molar-refractivity contribution in [2.24, 2.45) is 0 Å². The van der Waals surface area contributed by atoms with E-state index in [2.05, 4.69) is 23.2 Å². The number of Topliss-reactive ketones (excluding diaryl/α,β-unsaturated/α-hetero) is 1. The summed E-state index contributed by atoms with van der Waals surface area (Å²) in [5.74, 6) is 0.237. The monoisotopic (exact) mass is 232 g/mol. The van der Waals surface area contributed by atoms with Gasteiger partial charge in [0.2, 0.25) is 0 Å². The van der Waals surface area contributed by atoms with Gasteiger partial charge in [0.25, 0.3) is 0 Å². The highest BCUT2D eigenvalue weighted by Gasteiger charge is 2.27. The van der Waals surface area contributed by atoms with Gasteiger partial charge < -0.3 is 5.32 Å². The molecule has 1 N–H and O–H groups in total. The Labute approximate surface area is 103 Å². The minimum absolute atomic E-state index is 0.0238. The van der Waals surface area contributed by atoms with E-state index >= 15 is 0 Å². The average Bonchev–Trinajstić information content (AvgIpc) is 2.32. The van der Waals surface area contributed by atoms with E-state index in [0.29, 0.717) is 0 Å². The van der Waals surface area contributed by atoms with Gasteiger partial charge >= 0.3 is 0 Å².